The van der Waals surface area contributed by atoms with Gasteiger partial charge in [0.05, 0.1) is 23.7 Å². The quantitative estimate of drug-likeness (QED) is 0.713. The standard InChI is InChI=1S/C21H26N2O5S/c1-15-7-4-5-8-19(15)28-14-16(2)22-29(25,26)17-10-11-20(27-3)18(13-17)23-12-6-9-21(23)24/h4-5,7-8,10-11,13,16,22H,6,9,12,14H2,1-3H3/t16-/m1/s1. The van der Waals surface area contributed by atoms with Gasteiger partial charge >= 0.3 is 0 Å². The summed E-state index contributed by atoms with van der Waals surface area (Å²) in [5.41, 5.74) is 1.46. The highest BCUT2D eigenvalue weighted by Gasteiger charge is 2.27. The van der Waals surface area contributed by atoms with Crippen LogP contribution >= 0.6 is 0 Å². The number of hydrogen-bond donors (Lipinski definition) is 1. The molecule has 0 unspecified atom stereocenters. The topological polar surface area (TPSA) is 84.9 Å². The van der Waals surface area contributed by atoms with Crippen molar-refractivity contribution in [1.29, 1.82) is 0 Å². The number of benzene rings is 2. The van der Waals surface area contributed by atoms with Crippen molar-refractivity contribution in [1.82, 2.24) is 4.72 Å². The minimum Gasteiger partial charge on any atom is -0.495 e. The molecule has 1 heterocycles. The minimum absolute atomic E-state index is 0.0363. The fourth-order valence-corrected chi connectivity index (χ4v) is 4.50. The third-order valence-corrected chi connectivity index (χ3v) is 6.35. The summed E-state index contributed by atoms with van der Waals surface area (Å²) in [6.07, 6.45) is 1.19. The highest BCUT2D eigenvalue weighted by atomic mass is 32.2. The zero-order chi connectivity index (χ0) is 21.0. The maximum atomic E-state index is 12.9. The van der Waals surface area contributed by atoms with Gasteiger partial charge in [-0.1, -0.05) is 18.2 Å². The third kappa shape index (κ3) is 4.89. The highest BCUT2D eigenvalue weighted by molar-refractivity contribution is 7.89. The van der Waals surface area contributed by atoms with Crippen LogP contribution in [0.2, 0.25) is 0 Å². The number of nitrogens with one attached hydrogen (secondary N) is 1. The molecule has 2 aromatic carbocycles. The molecule has 1 aliphatic rings. The van der Waals surface area contributed by atoms with Crippen LogP contribution in [-0.4, -0.2) is 40.6 Å². The van der Waals surface area contributed by atoms with E-state index in [-0.39, 0.29) is 17.4 Å². The molecule has 1 fully saturated rings. The van der Waals surface area contributed by atoms with Crippen LogP contribution in [0.5, 0.6) is 11.5 Å². The molecule has 1 atom stereocenters. The Morgan fingerprint density at radius 3 is 2.59 bits per heavy atom. The van der Waals surface area contributed by atoms with Crippen molar-refractivity contribution in [3.05, 3.63) is 48.0 Å². The summed E-state index contributed by atoms with van der Waals surface area (Å²) in [6.45, 7) is 4.41. The summed E-state index contributed by atoms with van der Waals surface area (Å²) in [7, 11) is -2.30. The number of carbonyl (C=O) groups excluding carboxylic acids is 1. The maximum absolute atomic E-state index is 12.9. The Bertz CT molecular complexity index is 990. The minimum atomic E-state index is -3.79. The monoisotopic (exact) mass is 418 g/mol. The van der Waals surface area contributed by atoms with Crippen molar-refractivity contribution in [3.8, 4) is 11.5 Å². The van der Waals surface area contributed by atoms with Crippen LogP contribution in [0.15, 0.2) is 47.4 Å². The van der Waals surface area contributed by atoms with E-state index in [1.165, 1.54) is 19.2 Å². The van der Waals surface area contributed by atoms with Gasteiger partial charge in [0.1, 0.15) is 18.1 Å². The zero-order valence-corrected chi connectivity index (χ0v) is 17.7. The number of nitrogens with zero attached hydrogens (tertiary/aromatic N) is 1. The number of anilines is 1. The van der Waals surface area contributed by atoms with Crippen molar-refractivity contribution >= 4 is 21.6 Å². The predicted octanol–water partition coefficient (Wildman–Crippen LogP) is 2.88. The van der Waals surface area contributed by atoms with E-state index >= 15 is 0 Å². The Morgan fingerprint density at radius 2 is 1.93 bits per heavy atom. The van der Waals surface area contributed by atoms with E-state index in [1.54, 1.807) is 17.9 Å². The number of carbonyl (C=O) groups is 1. The first kappa shape index (κ1) is 21.1. The lowest BCUT2D eigenvalue weighted by Gasteiger charge is -2.21. The van der Waals surface area contributed by atoms with Gasteiger partial charge in [0.15, 0.2) is 0 Å². The normalized spacial score (nSPS) is 15.4. The third-order valence-electron chi connectivity index (χ3n) is 4.76. The van der Waals surface area contributed by atoms with Crippen molar-refractivity contribution in [2.24, 2.45) is 0 Å². The van der Waals surface area contributed by atoms with Crippen LogP contribution in [0.4, 0.5) is 5.69 Å². The summed E-state index contributed by atoms with van der Waals surface area (Å²) in [6, 6.07) is 11.7. The molecule has 0 aliphatic carbocycles. The molecule has 1 saturated heterocycles. The average molecular weight is 419 g/mol. The van der Waals surface area contributed by atoms with E-state index in [2.05, 4.69) is 4.72 Å². The smallest absolute Gasteiger partial charge is 0.241 e. The Hall–Kier alpha value is -2.58. The molecule has 0 spiro atoms. The summed E-state index contributed by atoms with van der Waals surface area (Å²) in [5.74, 6) is 1.15. The molecule has 0 radical (unpaired) electrons. The van der Waals surface area contributed by atoms with Crippen LogP contribution in [0, 0.1) is 6.92 Å². The van der Waals surface area contributed by atoms with Crippen LogP contribution in [0.3, 0.4) is 0 Å². The molecule has 8 heteroatoms. The summed E-state index contributed by atoms with van der Waals surface area (Å²) in [4.78, 5) is 13.8. The van der Waals surface area contributed by atoms with Gasteiger partial charge in [0.25, 0.3) is 0 Å². The maximum Gasteiger partial charge on any atom is 0.241 e. The van der Waals surface area contributed by atoms with Crippen molar-refractivity contribution in [3.63, 3.8) is 0 Å². The molecule has 2 aromatic rings. The molecule has 156 valence electrons. The number of hydrogen-bond acceptors (Lipinski definition) is 5. The number of rotatable bonds is 8. The zero-order valence-electron chi connectivity index (χ0n) is 16.8. The van der Waals surface area contributed by atoms with Gasteiger partial charge < -0.3 is 14.4 Å². The lowest BCUT2D eigenvalue weighted by molar-refractivity contribution is -0.117. The van der Waals surface area contributed by atoms with Crippen molar-refractivity contribution < 1.29 is 22.7 Å². The SMILES string of the molecule is COc1ccc(S(=O)(=O)N[C@H](C)COc2ccccc2C)cc1N1CCCC1=O. The second-order valence-electron chi connectivity index (χ2n) is 7.08. The number of aryl methyl sites for hydroxylation is 1. The molecule has 29 heavy (non-hydrogen) atoms. The molecule has 0 aromatic heterocycles. The first-order chi connectivity index (χ1) is 13.8. The average Bonchev–Trinajstić information content (AvgIpc) is 3.12. The number of ether oxygens (including phenoxy) is 2. The number of methoxy groups -OCH3 is 1. The molecule has 3 rings (SSSR count). The van der Waals surface area contributed by atoms with Crippen LogP contribution in [0.25, 0.3) is 0 Å². The Labute approximate surface area is 171 Å². The second kappa shape index (κ2) is 8.84. The molecular weight excluding hydrogens is 392 g/mol. The number of para-hydroxylation sites is 1. The van der Waals surface area contributed by atoms with Gasteiger partial charge in [-0.15, -0.1) is 0 Å². The van der Waals surface area contributed by atoms with E-state index in [0.29, 0.717) is 24.4 Å². The molecular formula is C21H26N2O5S. The van der Waals surface area contributed by atoms with Gasteiger partial charge in [-0.3, -0.25) is 4.79 Å². The molecule has 7 nitrogen and oxygen atoms in total. The first-order valence-corrected chi connectivity index (χ1v) is 11.0. The van der Waals surface area contributed by atoms with Crippen LogP contribution in [0.1, 0.15) is 25.3 Å². The Morgan fingerprint density at radius 1 is 1.17 bits per heavy atom. The van der Waals surface area contributed by atoms with E-state index < -0.39 is 16.1 Å². The summed E-state index contributed by atoms with van der Waals surface area (Å²) in [5, 5.41) is 0. The van der Waals surface area contributed by atoms with Gasteiger partial charge in [-0.05, 0) is 50.1 Å². The van der Waals surface area contributed by atoms with E-state index in [0.717, 1.165) is 17.7 Å². The Kier molecular flexibility index (Phi) is 6.44. The predicted molar refractivity (Wildman–Crippen MR) is 111 cm³/mol. The van der Waals surface area contributed by atoms with Gasteiger partial charge in [-0.2, -0.15) is 0 Å². The molecule has 0 bridgehead atoms. The second-order valence-corrected chi connectivity index (χ2v) is 8.80. The van der Waals surface area contributed by atoms with Crippen molar-refractivity contribution in [2.45, 2.75) is 37.6 Å². The van der Waals surface area contributed by atoms with E-state index in [4.69, 9.17) is 9.47 Å². The lowest BCUT2D eigenvalue weighted by atomic mass is 10.2. The van der Waals surface area contributed by atoms with Gasteiger partial charge in [0.2, 0.25) is 15.9 Å². The number of sulfonamides is 1. The van der Waals surface area contributed by atoms with Gasteiger partial charge in [-0.25, -0.2) is 13.1 Å². The van der Waals surface area contributed by atoms with Gasteiger partial charge in [0, 0.05) is 13.0 Å². The lowest BCUT2D eigenvalue weighted by Crippen LogP contribution is -2.37. The first-order valence-electron chi connectivity index (χ1n) is 9.51. The van der Waals surface area contributed by atoms with E-state index in [9.17, 15) is 13.2 Å². The fourth-order valence-electron chi connectivity index (χ4n) is 3.25. The van der Waals surface area contributed by atoms with Crippen LogP contribution in [-0.2, 0) is 14.8 Å². The largest absolute Gasteiger partial charge is 0.495 e. The molecule has 0 saturated carbocycles. The summed E-state index contributed by atoms with van der Waals surface area (Å²) >= 11 is 0. The summed E-state index contributed by atoms with van der Waals surface area (Å²) < 4.78 is 39.4. The highest BCUT2D eigenvalue weighted by Crippen LogP contribution is 2.33. The molecule has 1 amide bonds. The van der Waals surface area contributed by atoms with Crippen molar-refractivity contribution in [2.75, 3.05) is 25.2 Å². The Balaban J connectivity index is 1.74. The van der Waals surface area contributed by atoms with Crippen LogP contribution < -0.4 is 19.1 Å². The fraction of sp³-hybridized carbons (Fsp3) is 0.381. The van der Waals surface area contributed by atoms with E-state index in [1.807, 2.05) is 31.2 Å². The molecule has 1 N–H and O–H groups in total. The molecule has 1 aliphatic heterocycles. The number of amides is 1.